The fourth-order valence-corrected chi connectivity index (χ4v) is 2.41. The summed E-state index contributed by atoms with van der Waals surface area (Å²) < 4.78 is 51.7. The van der Waals surface area contributed by atoms with Crippen LogP contribution in [0.2, 0.25) is 0 Å². The topological polar surface area (TPSA) is 32.3 Å². The van der Waals surface area contributed by atoms with Crippen LogP contribution in [-0.4, -0.2) is 23.8 Å². The van der Waals surface area contributed by atoms with E-state index < -0.39 is 23.2 Å². The molecule has 0 saturated carbocycles. The summed E-state index contributed by atoms with van der Waals surface area (Å²) in [7, 11) is 0. The van der Waals surface area contributed by atoms with Crippen molar-refractivity contribution in [2.45, 2.75) is 31.0 Å². The number of hydrogen-bond acceptors (Lipinski definition) is 2. The number of alkyl halides is 3. The lowest BCUT2D eigenvalue weighted by atomic mass is 9.84. The predicted octanol–water partition coefficient (Wildman–Crippen LogP) is 2.50. The van der Waals surface area contributed by atoms with Gasteiger partial charge in [0, 0.05) is 6.42 Å². The molecule has 0 aromatic heterocycles. The van der Waals surface area contributed by atoms with Crippen LogP contribution in [0.5, 0.6) is 0 Å². The molecule has 0 aliphatic carbocycles. The van der Waals surface area contributed by atoms with Crippen molar-refractivity contribution in [3.05, 3.63) is 35.1 Å². The summed E-state index contributed by atoms with van der Waals surface area (Å²) in [6, 6.07) is 2.39. The zero-order valence-electron chi connectivity index (χ0n) is 10.2. The first kappa shape index (κ1) is 14.3. The van der Waals surface area contributed by atoms with Gasteiger partial charge in [0.15, 0.2) is 0 Å². The first-order valence-electron chi connectivity index (χ1n) is 6.09. The molecule has 1 aromatic rings. The van der Waals surface area contributed by atoms with Crippen molar-refractivity contribution in [3.63, 3.8) is 0 Å². The normalized spacial score (nSPS) is 19.4. The highest BCUT2D eigenvalue weighted by Gasteiger charge is 2.37. The maximum absolute atomic E-state index is 13.2. The molecule has 1 fully saturated rings. The number of benzene rings is 1. The lowest BCUT2D eigenvalue weighted by Crippen LogP contribution is -2.43. The number of nitrogens with one attached hydrogen (secondary N) is 1. The zero-order valence-corrected chi connectivity index (χ0v) is 10.2. The molecule has 0 radical (unpaired) electrons. The molecule has 0 spiro atoms. The third-order valence-electron chi connectivity index (χ3n) is 3.43. The van der Waals surface area contributed by atoms with Crippen LogP contribution >= 0.6 is 0 Å². The highest BCUT2D eigenvalue weighted by atomic mass is 19.4. The van der Waals surface area contributed by atoms with Gasteiger partial charge in [-0.1, -0.05) is 0 Å². The van der Waals surface area contributed by atoms with Crippen LogP contribution in [-0.2, 0) is 12.6 Å². The van der Waals surface area contributed by atoms with Crippen LogP contribution < -0.4 is 5.32 Å². The van der Waals surface area contributed by atoms with Crippen LogP contribution in [0, 0.1) is 5.82 Å². The Morgan fingerprint density at radius 2 is 1.84 bits per heavy atom. The largest absolute Gasteiger partial charge is 0.416 e. The molecule has 2 nitrogen and oxygen atoms in total. The average Bonchev–Trinajstić information content (AvgIpc) is 2.27. The van der Waals surface area contributed by atoms with E-state index in [1.165, 1.54) is 0 Å². The molecule has 0 atom stereocenters. The Kier molecular flexibility index (Phi) is 3.82. The van der Waals surface area contributed by atoms with Crippen molar-refractivity contribution < 1.29 is 22.7 Å². The number of piperidine rings is 1. The van der Waals surface area contributed by atoms with Gasteiger partial charge in [0.25, 0.3) is 0 Å². The Bertz CT molecular complexity index is 452. The minimum atomic E-state index is -4.54. The SMILES string of the molecule is OC1(Cc2cc(F)ccc2C(F)(F)F)CCNCC1. The number of halogens is 4. The fraction of sp³-hybridized carbons (Fsp3) is 0.538. The van der Waals surface area contributed by atoms with E-state index in [0.717, 1.165) is 18.2 Å². The average molecular weight is 277 g/mol. The zero-order chi connectivity index (χ0) is 14.1. The van der Waals surface area contributed by atoms with E-state index in [0.29, 0.717) is 25.9 Å². The van der Waals surface area contributed by atoms with E-state index in [2.05, 4.69) is 5.32 Å². The fourth-order valence-electron chi connectivity index (χ4n) is 2.41. The molecule has 1 aliphatic rings. The maximum atomic E-state index is 13.2. The van der Waals surface area contributed by atoms with Gasteiger partial charge in [0.1, 0.15) is 5.82 Å². The number of hydrogen-bond donors (Lipinski definition) is 2. The van der Waals surface area contributed by atoms with Crippen molar-refractivity contribution in [2.24, 2.45) is 0 Å². The molecule has 0 unspecified atom stereocenters. The van der Waals surface area contributed by atoms with E-state index >= 15 is 0 Å². The summed E-state index contributed by atoms with van der Waals surface area (Å²) in [6.45, 7) is 1.10. The summed E-state index contributed by atoms with van der Waals surface area (Å²) in [4.78, 5) is 0. The quantitative estimate of drug-likeness (QED) is 0.814. The third kappa shape index (κ3) is 3.45. The van der Waals surface area contributed by atoms with E-state index in [1.807, 2.05) is 0 Å². The Morgan fingerprint density at radius 1 is 1.21 bits per heavy atom. The lowest BCUT2D eigenvalue weighted by molar-refractivity contribution is -0.138. The molecule has 1 aromatic carbocycles. The summed E-state index contributed by atoms with van der Waals surface area (Å²) in [5, 5.41) is 13.3. The van der Waals surface area contributed by atoms with Crippen LogP contribution in [0.25, 0.3) is 0 Å². The summed E-state index contributed by atoms with van der Waals surface area (Å²) >= 11 is 0. The summed E-state index contributed by atoms with van der Waals surface area (Å²) in [6.07, 6.45) is -3.99. The highest BCUT2D eigenvalue weighted by molar-refractivity contribution is 5.31. The Morgan fingerprint density at radius 3 is 2.42 bits per heavy atom. The monoisotopic (exact) mass is 277 g/mol. The van der Waals surface area contributed by atoms with E-state index in [4.69, 9.17) is 0 Å². The Balaban J connectivity index is 2.30. The molecule has 106 valence electrons. The Hall–Kier alpha value is -1.14. The van der Waals surface area contributed by atoms with Gasteiger partial charge in [-0.05, 0) is 49.7 Å². The van der Waals surface area contributed by atoms with Crippen molar-refractivity contribution >= 4 is 0 Å². The second-order valence-corrected chi connectivity index (χ2v) is 4.95. The first-order valence-corrected chi connectivity index (χ1v) is 6.09. The maximum Gasteiger partial charge on any atom is 0.416 e. The van der Waals surface area contributed by atoms with Crippen LogP contribution in [0.15, 0.2) is 18.2 Å². The predicted molar refractivity (Wildman–Crippen MR) is 62.2 cm³/mol. The van der Waals surface area contributed by atoms with Gasteiger partial charge in [0.2, 0.25) is 0 Å². The molecule has 2 N–H and O–H groups in total. The lowest BCUT2D eigenvalue weighted by Gasteiger charge is -2.33. The second-order valence-electron chi connectivity index (χ2n) is 4.95. The minimum Gasteiger partial charge on any atom is -0.389 e. The van der Waals surface area contributed by atoms with Crippen molar-refractivity contribution in [1.82, 2.24) is 5.32 Å². The van der Waals surface area contributed by atoms with Crippen molar-refractivity contribution in [3.8, 4) is 0 Å². The minimum absolute atomic E-state index is 0.179. The molecule has 0 bridgehead atoms. The summed E-state index contributed by atoms with van der Waals surface area (Å²) in [5.74, 6) is -0.722. The molecular formula is C13H15F4NO. The molecular weight excluding hydrogens is 262 g/mol. The molecule has 19 heavy (non-hydrogen) atoms. The van der Waals surface area contributed by atoms with Gasteiger partial charge in [-0.25, -0.2) is 4.39 Å². The highest BCUT2D eigenvalue weighted by Crippen LogP contribution is 2.35. The van der Waals surface area contributed by atoms with Gasteiger partial charge in [0.05, 0.1) is 11.2 Å². The van der Waals surface area contributed by atoms with E-state index in [1.54, 1.807) is 0 Å². The standard InChI is InChI=1S/C13H15F4NO/c14-10-1-2-11(13(15,16)17)9(7-10)8-12(19)3-5-18-6-4-12/h1-2,7,18-19H,3-6,8H2. The first-order chi connectivity index (χ1) is 8.80. The molecule has 0 amide bonds. The molecule has 2 rings (SSSR count). The van der Waals surface area contributed by atoms with Gasteiger partial charge in [-0.2, -0.15) is 13.2 Å². The van der Waals surface area contributed by atoms with Crippen molar-refractivity contribution in [1.29, 1.82) is 0 Å². The van der Waals surface area contributed by atoms with Gasteiger partial charge in [-0.3, -0.25) is 0 Å². The van der Waals surface area contributed by atoms with Gasteiger partial charge in [-0.15, -0.1) is 0 Å². The second kappa shape index (κ2) is 5.09. The molecule has 1 saturated heterocycles. The molecule has 6 heteroatoms. The Labute approximate surface area is 108 Å². The van der Waals surface area contributed by atoms with E-state index in [9.17, 15) is 22.7 Å². The van der Waals surface area contributed by atoms with Crippen LogP contribution in [0.4, 0.5) is 17.6 Å². The van der Waals surface area contributed by atoms with Crippen LogP contribution in [0.1, 0.15) is 24.0 Å². The number of rotatable bonds is 2. The van der Waals surface area contributed by atoms with Crippen molar-refractivity contribution in [2.75, 3.05) is 13.1 Å². The number of aliphatic hydroxyl groups is 1. The van der Waals surface area contributed by atoms with Crippen LogP contribution in [0.3, 0.4) is 0 Å². The van der Waals surface area contributed by atoms with E-state index in [-0.39, 0.29) is 12.0 Å². The third-order valence-corrected chi connectivity index (χ3v) is 3.43. The van der Waals surface area contributed by atoms with Gasteiger partial charge >= 0.3 is 6.18 Å². The molecule has 1 heterocycles. The van der Waals surface area contributed by atoms with Gasteiger partial charge < -0.3 is 10.4 Å². The summed E-state index contributed by atoms with van der Waals surface area (Å²) in [5.41, 5.74) is -2.25. The smallest absolute Gasteiger partial charge is 0.389 e. The molecule has 1 aliphatic heterocycles.